The van der Waals surface area contributed by atoms with E-state index in [0.29, 0.717) is 18.5 Å². The number of aromatic nitrogens is 1. The average molecular weight is 248 g/mol. The lowest BCUT2D eigenvalue weighted by atomic mass is 10.1. The molecule has 0 radical (unpaired) electrons. The van der Waals surface area contributed by atoms with Crippen molar-refractivity contribution in [2.75, 3.05) is 13.1 Å². The summed E-state index contributed by atoms with van der Waals surface area (Å²) in [5, 5.41) is 0. The molecule has 18 heavy (non-hydrogen) atoms. The van der Waals surface area contributed by atoms with Crippen LogP contribution < -0.4 is 0 Å². The van der Waals surface area contributed by atoms with Gasteiger partial charge in [-0.1, -0.05) is 13.8 Å². The fourth-order valence-corrected chi connectivity index (χ4v) is 2.27. The van der Waals surface area contributed by atoms with Crippen LogP contribution in [0.2, 0.25) is 0 Å². The molecular formula is C15H24N2O. The van der Waals surface area contributed by atoms with Gasteiger partial charge in [-0.2, -0.15) is 0 Å². The van der Waals surface area contributed by atoms with Crippen LogP contribution >= 0.6 is 0 Å². The molecule has 1 aromatic heterocycles. The third-order valence-corrected chi connectivity index (χ3v) is 3.63. The second kappa shape index (κ2) is 5.70. The van der Waals surface area contributed by atoms with Crippen molar-refractivity contribution < 1.29 is 4.79 Å². The molecule has 3 nitrogen and oxygen atoms in total. The third-order valence-electron chi connectivity index (χ3n) is 3.63. The van der Waals surface area contributed by atoms with Crippen LogP contribution in [0.25, 0.3) is 0 Å². The Hall–Kier alpha value is -1.09. The summed E-state index contributed by atoms with van der Waals surface area (Å²) in [6.45, 7) is 6.11. The fourth-order valence-electron chi connectivity index (χ4n) is 2.27. The highest BCUT2D eigenvalue weighted by atomic mass is 16.1. The number of hydrogen-bond donors (Lipinski definition) is 0. The molecule has 1 aromatic rings. The van der Waals surface area contributed by atoms with Crippen LogP contribution in [0.15, 0.2) is 18.3 Å². The van der Waals surface area contributed by atoms with Gasteiger partial charge in [0.15, 0.2) is 5.78 Å². The predicted octanol–water partition coefficient (Wildman–Crippen LogP) is 2.72. The first-order valence-electron chi connectivity index (χ1n) is 6.96. The maximum atomic E-state index is 12.3. The average Bonchev–Trinajstić information content (AvgIpc) is 3.06. The predicted molar refractivity (Wildman–Crippen MR) is 73.8 cm³/mol. The Morgan fingerprint density at radius 3 is 2.72 bits per heavy atom. The van der Waals surface area contributed by atoms with Crippen molar-refractivity contribution >= 4 is 5.78 Å². The Balaban J connectivity index is 1.92. The van der Waals surface area contributed by atoms with Crippen molar-refractivity contribution in [1.29, 1.82) is 0 Å². The van der Waals surface area contributed by atoms with Gasteiger partial charge in [0.25, 0.3) is 0 Å². The van der Waals surface area contributed by atoms with Crippen LogP contribution in [0.3, 0.4) is 0 Å². The van der Waals surface area contributed by atoms with Crippen LogP contribution in [-0.4, -0.2) is 34.4 Å². The van der Waals surface area contributed by atoms with Crippen molar-refractivity contribution in [3.05, 3.63) is 24.0 Å². The van der Waals surface area contributed by atoms with Crippen molar-refractivity contribution in [3.8, 4) is 0 Å². The fraction of sp³-hybridized carbons (Fsp3) is 0.667. The van der Waals surface area contributed by atoms with E-state index in [9.17, 15) is 4.79 Å². The lowest BCUT2D eigenvalue weighted by molar-refractivity contribution is 0.0912. The van der Waals surface area contributed by atoms with Gasteiger partial charge >= 0.3 is 0 Å². The first-order chi connectivity index (χ1) is 8.58. The lowest BCUT2D eigenvalue weighted by Gasteiger charge is -2.22. The molecule has 0 saturated heterocycles. The number of carbonyl (C=O) groups excluding carboxylic acids is 1. The van der Waals surface area contributed by atoms with Crippen LogP contribution in [-0.2, 0) is 7.05 Å². The minimum atomic E-state index is 0.248. The highest BCUT2D eigenvalue weighted by molar-refractivity contribution is 5.96. The van der Waals surface area contributed by atoms with Gasteiger partial charge in [-0.25, -0.2) is 0 Å². The number of hydrogen-bond acceptors (Lipinski definition) is 2. The molecule has 1 aliphatic rings. The Morgan fingerprint density at radius 1 is 1.50 bits per heavy atom. The summed E-state index contributed by atoms with van der Waals surface area (Å²) in [6, 6.07) is 4.51. The number of carbonyl (C=O) groups is 1. The van der Waals surface area contributed by atoms with Crippen LogP contribution in [0, 0.1) is 5.92 Å². The number of ketones is 1. The van der Waals surface area contributed by atoms with E-state index in [0.717, 1.165) is 12.2 Å². The Kier molecular flexibility index (Phi) is 4.23. The Labute approximate surface area is 110 Å². The van der Waals surface area contributed by atoms with E-state index in [-0.39, 0.29) is 5.78 Å². The highest BCUT2D eigenvalue weighted by Gasteiger charge is 2.30. The summed E-state index contributed by atoms with van der Waals surface area (Å²) in [5.41, 5.74) is 0.824. The molecule has 0 aromatic carbocycles. The van der Waals surface area contributed by atoms with E-state index in [4.69, 9.17) is 0 Å². The second-order valence-electron chi connectivity index (χ2n) is 5.81. The zero-order valence-electron chi connectivity index (χ0n) is 11.7. The molecule has 1 aliphatic carbocycles. The van der Waals surface area contributed by atoms with Crippen molar-refractivity contribution in [2.45, 2.75) is 39.2 Å². The summed E-state index contributed by atoms with van der Waals surface area (Å²) in [5.74, 6) is 0.953. The number of Topliss-reactive ketones (excluding diaryl/α,β-unsaturated/α-hetero) is 1. The zero-order valence-corrected chi connectivity index (χ0v) is 11.7. The standard InChI is InChI=1S/C15H24N2O/c1-12(2)8-10-17(13-6-7-13)11-15(18)14-5-4-9-16(14)3/h4-5,9,12-13H,6-8,10-11H2,1-3H3. The number of nitrogens with zero attached hydrogens (tertiary/aromatic N) is 2. The van der Waals surface area contributed by atoms with Gasteiger partial charge in [0.1, 0.15) is 0 Å². The quantitative estimate of drug-likeness (QED) is 0.693. The molecule has 0 N–H and O–H groups in total. The van der Waals surface area contributed by atoms with E-state index in [1.54, 1.807) is 0 Å². The summed E-state index contributed by atoms with van der Waals surface area (Å²) in [7, 11) is 1.93. The van der Waals surface area contributed by atoms with Gasteiger partial charge in [0.05, 0.1) is 12.2 Å². The van der Waals surface area contributed by atoms with Crippen LogP contribution in [0.5, 0.6) is 0 Å². The van der Waals surface area contributed by atoms with Gasteiger partial charge in [0, 0.05) is 19.3 Å². The van der Waals surface area contributed by atoms with Crippen molar-refractivity contribution in [1.82, 2.24) is 9.47 Å². The van der Waals surface area contributed by atoms with Crippen molar-refractivity contribution in [3.63, 3.8) is 0 Å². The molecule has 0 atom stereocenters. The van der Waals surface area contributed by atoms with E-state index >= 15 is 0 Å². The van der Waals surface area contributed by atoms with Crippen LogP contribution in [0.4, 0.5) is 0 Å². The van der Waals surface area contributed by atoms with Gasteiger partial charge < -0.3 is 4.57 Å². The van der Waals surface area contributed by atoms with E-state index < -0.39 is 0 Å². The molecule has 0 aliphatic heterocycles. The van der Waals surface area contributed by atoms with Crippen LogP contribution in [0.1, 0.15) is 43.6 Å². The smallest absolute Gasteiger partial charge is 0.193 e. The van der Waals surface area contributed by atoms with Crippen molar-refractivity contribution in [2.24, 2.45) is 13.0 Å². The molecule has 1 saturated carbocycles. The summed E-state index contributed by atoms with van der Waals surface area (Å²) in [4.78, 5) is 14.6. The summed E-state index contributed by atoms with van der Waals surface area (Å²) in [6.07, 6.45) is 5.64. The molecule has 0 unspecified atom stereocenters. The first kappa shape index (κ1) is 13.3. The van der Waals surface area contributed by atoms with Gasteiger partial charge in [-0.15, -0.1) is 0 Å². The Bertz CT molecular complexity index is 404. The molecular weight excluding hydrogens is 224 g/mol. The SMILES string of the molecule is CC(C)CCN(CC(=O)c1cccn1C)C1CC1. The largest absolute Gasteiger partial charge is 0.348 e. The highest BCUT2D eigenvalue weighted by Crippen LogP contribution is 2.27. The zero-order chi connectivity index (χ0) is 13.1. The lowest BCUT2D eigenvalue weighted by Crippen LogP contribution is -2.34. The second-order valence-corrected chi connectivity index (χ2v) is 5.81. The minimum absolute atomic E-state index is 0.248. The van der Waals surface area contributed by atoms with E-state index in [1.807, 2.05) is 29.9 Å². The summed E-state index contributed by atoms with van der Waals surface area (Å²) >= 11 is 0. The molecule has 0 amide bonds. The molecule has 1 fully saturated rings. The molecule has 2 rings (SSSR count). The monoisotopic (exact) mass is 248 g/mol. The molecule has 100 valence electrons. The van der Waals surface area contributed by atoms with E-state index in [1.165, 1.54) is 19.3 Å². The first-order valence-corrected chi connectivity index (χ1v) is 6.96. The topological polar surface area (TPSA) is 25.2 Å². The molecule has 0 bridgehead atoms. The van der Waals surface area contributed by atoms with Gasteiger partial charge in [-0.3, -0.25) is 9.69 Å². The van der Waals surface area contributed by atoms with Gasteiger partial charge in [0.2, 0.25) is 0 Å². The third kappa shape index (κ3) is 3.45. The number of rotatable bonds is 7. The Morgan fingerprint density at radius 2 is 2.22 bits per heavy atom. The normalized spacial score (nSPS) is 15.6. The van der Waals surface area contributed by atoms with Gasteiger partial charge in [-0.05, 0) is 43.9 Å². The molecule has 0 spiro atoms. The molecule has 3 heteroatoms. The van der Waals surface area contributed by atoms with E-state index in [2.05, 4.69) is 18.7 Å². The number of aryl methyl sites for hydroxylation is 1. The maximum absolute atomic E-state index is 12.3. The summed E-state index contributed by atoms with van der Waals surface area (Å²) < 4.78 is 1.91. The molecule has 1 heterocycles. The minimum Gasteiger partial charge on any atom is -0.348 e. The maximum Gasteiger partial charge on any atom is 0.193 e.